The lowest BCUT2D eigenvalue weighted by Crippen LogP contribution is -2.02. The number of hydrogen-bond acceptors (Lipinski definition) is 3. The van der Waals surface area contributed by atoms with Crippen molar-refractivity contribution in [3.05, 3.63) is 58.6 Å². The van der Waals surface area contributed by atoms with Gasteiger partial charge in [-0.25, -0.2) is 4.79 Å². The number of carbonyl (C=O) groups is 1. The van der Waals surface area contributed by atoms with E-state index in [1.807, 2.05) is 18.2 Å². The Morgan fingerprint density at radius 2 is 2.00 bits per heavy atom. The van der Waals surface area contributed by atoms with E-state index < -0.39 is 5.97 Å². The molecule has 0 aliphatic carbocycles. The van der Waals surface area contributed by atoms with Crippen molar-refractivity contribution in [2.45, 2.75) is 6.61 Å². The van der Waals surface area contributed by atoms with E-state index in [1.165, 1.54) is 18.2 Å². The fourth-order valence-electron chi connectivity index (χ4n) is 1.58. The summed E-state index contributed by atoms with van der Waals surface area (Å²) in [6, 6.07) is 11.7. The molecule has 0 bridgehead atoms. The van der Waals surface area contributed by atoms with Gasteiger partial charge in [0.15, 0.2) is 0 Å². The summed E-state index contributed by atoms with van der Waals surface area (Å²) in [6.45, 7) is 0.274. The maximum absolute atomic E-state index is 10.8. The Hall–Kier alpha value is -2.20. The standard InChI is InChI=1S/C14H12ClNO3/c15-11-4-2-1-3-10(11)8-19-13-6-5-9(14(17)18)7-12(13)16/h1-7H,8,16H2,(H,17,18). The first-order chi connectivity index (χ1) is 9.08. The number of ether oxygens (including phenoxy) is 1. The van der Waals surface area contributed by atoms with Gasteiger partial charge in [-0.1, -0.05) is 29.8 Å². The second-order valence-corrected chi connectivity index (χ2v) is 4.35. The number of anilines is 1. The van der Waals surface area contributed by atoms with Gasteiger partial charge in [-0.2, -0.15) is 0 Å². The molecule has 2 rings (SSSR count). The van der Waals surface area contributed by atoms with Crippen LogP contribution in [0.15, 0.2) is 42.5 Å². The van der Waals surface area contributed by atoms with Gasteiger partial charge in [-0.05, 0) is 24.3 Å². The van der Waals surface area contributed by atoms with Crippen LogP contribution >= 0.6 is 11.6 Å². The van der Waals surface area contributed by atoms with Crippen LogP contribution in [0, 0.1) is 0 Å². The maximum atomic E-state index is 10.8. The first-order valence-corrected chi connectivity index (χ1v) is 5.95. The number of nitrogen functional groups attached to an aromatic ring is 1. The van der Waals surface area contributed by atoms with Crippen molar-refractivity contribution >= 4 is 23.3 Å². The quantitative estimate of drug-likeness (QED) is 0.842. The van der Waals surface area contributed by atoms with Crippen molar-refractivity contribution < 1.29 is 14.6 Å². The lowest BCUT2D eigenvalue weighted by Gasteiger charge is -2.10. The molecule has 0 radical (unpaired) electrons. The molecule has 0 aliphatic rings. The smallest absolute Gasteiger partial charge is 0.335 e. The molecule has 0 heterocycles. The number of rotatable bonds is 4. The Bertz CT molecular complexity index is 613. The molecule has 0 fully saturated rings. The zero-order chi connectivity index (χ0) is 13.8. The summed E-state index contributed by atoms with van der Waals surface area (Å²) < 4.78 is 5.54. The third kappa shape index (κ3) is 3.17. The van der Waals surface area contributed by atoms with E-state index in [-0.39, 0.29) is 17.9 Å². The Labute approximate surface area is 115 Å². The highest BCUT2D eigenvalue weighted by Crippen LogP contribution is 2.25. The summed E-state index contributed by atoms with van der Waals surface area (Å²) in [5.41, 5.74) is 6.99. The van der Waals surface area contributed by atoms with Crippen molar-refractivity contribution in [3.63, 3.8) is 0 Å². The van der Waals surface area contributed by atoms with E-state index in [2.05, 4.69) is 0 Å². The Kier molecular flexibility index (Phi) is 3.92. The Morgan fingerprint density at radius 1 is 1.26 bits per heavy atom. The minimum atomic E-state index is -1.02. The summed E-state index contributed by atoms with van der Waals surface area (Å²) in [5, 5.41) is 9.44. The molecule has 2 aromatic rings. The maximum Gasteiger partial charge on any atom is 0.335 e. The average Bonchev–Trinajstić information content (AvgIpc) is 2.39. The monoisotopic (exact) mass is 277 g/mol. The van der Waals surface area contributed by atoms with Gasteiger partial charge in [0.1, 0.15) is 12.4 Å². The fraction of sp³-hybridized carbons (Fsp3) is 0.0714. The molecule has 0 spiro atoms. The molecule has 0 unspecified atom stereocenters. The molecular weight excluding hydrogens is 266 g/mol. The molecule has 0 aliphatic heterocycles. The zero-order valence-electron chi connectivity index (χ0n) is 9.97. The molecule has 0 atom stereocenters. The van der Waals surface area contributed by atoms with Crippen LogP contribution in [0.3, 0.4) is 0 Å². The highest BCUT2D eigenvalue weighted by molar-refractivity contribution is 6.31. The Morgan fingerprint density at radius 3 is 2.63 bits per heavy atom. The third-order valence-electron chi connectivity index (χ3n) is 2.60. The Balaban J connectivity index is 2.12. The van der Waals surface area contributed by atoms with Crippen LogP contribution in [0.1, 0.15) is 15.9 Å². The number of halogens is 1. The van der Waals surface area contributed by atoms with Gasteiger partial charge in [-0.3, -0.25) is 0 Å². The molecule has 4 nitrogen and oxygen atoms in total. The predicted molar refractivity (Wildman–Crippen MR) is 73.6 cm³/mol. The van der Waals surface area contributed by atoms with Crippen LogP contribution in [0.5, 0.6) is 5.75 Å². The van der Waals surface area contributed by atoms with Gasteiger partial charge < -0.3 is 15.6 Å². The van der Waals surface area contributed by atoms with Crippen LogP contribution in [0.2, 0.25) is 5.02 Å². The van der Waals surface area contributed by atoms with Crippen LogP contribution in [-0.4, -0.2) is 11.1 Å². The second-order valence-electron chi connectivity index (χ2n) is 3.94. The minimum absolute atomic E-state index is 0.127. The van der Waals surface area contributed by atoms with Gasteiger partial charge in [0.25, 0.3) is 0 Å². The van der Waals surface area contributed by atoms with E-state index in [0.29, 0.717) is 10.8 Å². The number of nitrogens with two attached hydrogens (primary N) is 1. The van der Waals surface area contributed by atoms with Gasteiger partial charge in [-0.15, -0.1) is 0 Å². The molecule has 0 saturated heterocycles. The molecule has 19 heavy (non-hydrogen) atoms. The van der Waals surface area contributed by atoms with Gasteiger partial charge in [0, 0.05) is 10.6 Å². The molecule has 0 aromatic heterocycles. The topological polar surface area (TPSA) is 72.6 Å². The summed E-state index contributed by atoms with van der Waals surface area (Å²) >= 11 is 6.01. The van der Waals surface area contributed by atoms with Crippen molar-refractivity contribution in [2.75, 3.05) is 5.73 Å². The fourth-order valence-corrected chi connectivity index (χ4v) is 1.77. The molecule has 2 aromatic carbocycles. The van der Waals surface area contributed by atoms with Gasteiger partial charge in [0.2, 0.25) is 0 Å². The predicted octanol–water partition coefficient (Wildman–Crippen LogP) is 3.20. The van der Waals surface area contributed by atoms with Crippen molar-refractivity contribution in [2.24, 2.45) is 0 Å². The van der Waals surface area contributed by atoms with Crippen LogP contribution in [-0.2, 0) is 6.61 Å². The lowest BCUT2D eigenvalue weighted by molar-refractivity contribution is 0.0697. The molecule has 3 N–H and O–H groups in total. The van der Waals surface area contributed by atoms with Crippen LogP contribution < -0.4 is 10.5 Å². The molecule has 5 heteroatoms. The normalized spacial score (nSPS) is 10.2. The summed E-state index contributed by atoms with van der Waals surface area (Å²) in [4.78, 5) is 10.8. The third-order valence-corrected chi connectivity index (χ3v) is 2.97. The molecular formula is C14H12ClNO3. The molecule has 0 saturated carbocycles. The first kappa shape index (κ1) is 13.2. The number of carboxylic acid groups (broad SMARTS) is 1. The van der Waals surface area contributed by atoms with E-state index in [1.54, 1.807) is 6.07 Å². The molecule has 98 valence electrons. The SMILES string of the molecule is Nc1cc(C(=O)O)ccc1OCc1ccccc1Cl. The number of hydrogen-bond donors (Lipinski definition) is 2. The first-order valence-electron chi connectivity index (χ1n) is 5.57. The zero-order valence-corrected chi connectivity index (χ0v) is 10.7. The summed E-state index contributed by atoms with van der Waals surface area (Å²) in [5.74, 6) is -0.589. The van der Waals surface area contributed by atoms with E-state index in [9.17, 15) is 4.79 Å². The number of carboxylic acids is 1. The number of benzene rings is 2. The molecule has 0 amide bonds. The van der Waals surface area contributed by atoms with Crippen molar-refractivity contribution in [1.82, 2.24) is 0 Å². The van der Waals surface area contributed by atoms with Crippen molar-refractivity contribution in [3.8, 4) is 5.75 Å². The van der Waals surface area contributed by atoms with E-state index in [0.717, 1.165) is 5.56 Å². The highest BCUT2D eigenvalue weighted by atomic mass is 35.5. The van der Waals surface area contributed by atoms with Gasteiger partial charge in [0.05, 0.1) is 11.3 Å². The lowest BCUT2D eigenvalue weighted by atomic mass is 10.2. The average molecular weight is 278 g/mol. The second kappa shape index (κ2) is 5.63. The number of aromatic carboxylic acids is 1. The van der Waals surface area contributed by atoms with Gasteiger partial charge >= 0.3 is 5.97 Å². The summed E-state index contributed by atoms with van der Waals surface area (Å²) in [7, 11) is 0. The van der Waals surface area contributed by atoms with E-state index >= 15 is 0 Å². The van der Waals surface area contributed by atoms with E-state index in [4.69, 9.17) is 27.2 Å². The minimum Gasteiger partial charge on any atom is -0.487 e. The highest BCUT2D eigenvalue weighted by Gasteiger charge is 2.08. The van der Waals surface area contributed by atoms with Crippen LogP contribution in [0.4, 0.5) is 5.69 Å². The van der Waals surface area contributed by atoms with Crippen molar-refractivity contribution in [1.29, 1.82) is 0 Å². The van der Waals surface area contributed by atoms with Crippen LogP contribution in [0.25, 0.3) is 0 Å². The summed E-state index contributed by atoms with van der Waals surface area (Å²) in [6.07, 6.45) is 0. The largest absolute Gasteiger partial charge is 0.487 e.